The molecule has 0 saturated carbocycles. The third-order valence-electron chi connectivity index (χ3n) is 4.88. The van der Waals surface area contributed by atoms with E-state index in [1.165, 1.54) is 6.33 Å². The molecule has 5 aromatic rings. The van der Waals surface area contributed by atoms with E-state index in [1.54, 1.807) is 26.5 Å². The Labute approximate surface area is 183 Å². The molecule has 0 aliphatic rings. The second kappa shape index (κ2) is 8.34. The van der Waals surface area contributed by atoms with Crippen molar-refractivity contribution in [2.24, 2.45) is 0 Å². The third kappa shape index (κ3) is 3.81. The summed E-state index contributed by atoms with van der Waals surface area (Å²) in [5.41, 5.74) is 2.57. The number of aromatic amines is 1. The van der Waals surface area contributed by atoms with Gasteiger partial charge in [-0.3, -0.25) is 0 Å². The molecule has 0 atom stereocenters. The number of H-pyrrole nitrogens is 1. The number of methoxy groups -OCH3 is 2. The maximum atomic E-state index is 5.47. The van der Waals surface area contributed by atoms with Gasteiger partial charge >= 0.3 is 0 Å². The SMILES string of the molecule is COc1cc2nc(Nc3ccncn3)nc(NCc3nc4ccccc4[nH]3)c2cc1OC. The van der Waals surface area contributed by atoms with E-state index in [4.69, 9.17) is 9.47 Å². The number of hydrogen-bond acceptors (Lipinski definition) is 9. The van der Waals surface area contributed by atoms with Crippen LogP contribution in [0.15, 0.2) is 55.0 Å². The van der Waals surface area contributed by atoms with E-state index < -0.39 is 0 Å². The molecule has 0 amide bonds. The number of imidazole rings is 1. The van der Waals surface area contributed by atoms with Gasteiger partial charge in [0.25, 0.3) is 0 Å². The zero-order valence-electron chi connectivity index (χ0n) is 17.5. The van der Waals surface area contributed by atoms with Gasteiger partial charge in [0.15, 0.2) is 11.5 Å². The summed E-state index contributed by atoms with van der Waals surface area (Å²) in [5, 5.41) is 7.26. The van der Waals surface area contributed by atoms with Gasteiger partial charge in [0.05, 0.1) is 37.3 Å². The Morgan fingerprint density at radius 3 is 2.56 bits per heavy atom. The van der Waals surface area contributed by atoms with Crippen LogP contribution >= 0.6 is 0 Å². The summed E-state index contributed by atoms with van der Waals surface area (Å²) in [4.78, 5) is 25.3. The highest BCUT2D eigenvalue weighted by atomic mass is 16.5. The normalized spacial score (nSPS) is 10.9. The average molecular weight is 428 g/mol. The van der Waals surface area contributed by atoms with E-state index in [0.29, 0.717) is 41.1 Å². The Balaban J connectivity index is 1.54. The predicted octanol–water partition coefficient (Wildman–Crippen LogP) is 3.67. The molecule has 0 aliphatic carbocycles. The number of para-hydroxylation sites is 2. The molecule has 0 unspecified atom stereocenters. The number of hydrogen-bond donors (Lipinski definition) is 3. The largest absolute Gasteiger partial charge is 0.493 e. The van der Waals surface area contributed by atoms with Crippen LogP contribution in [0.25, 0.3) is 21.9 Å². The molecule has 0 bridgehead atoms. The standard InChI is InChI=1S/C22H20N8O2/c1-31-17-9-13-16(10-18(17)32-2)28-22(29-19-7-8-23-12-25-19)30-21(13)24-11-20-26-14-5-3-4-6-15(14)27-20/h3-10,12H,11H2,1-2H3,(H,26,27)(H2,23,24,25,28,29,30). The summed E-state index contributed by atoms with van der Waals surface area (Å²) < 4.78 is 10.9. The molecule has 3 N–H and O–H groups in total. The monoisotopic (exact) mass is 428 g/mol. The van der Waals surface area contributed by atoms with Gasteiger partial charge in [-0.1, -0.05) is 12.1 Å². The molecule has 10 heteroatoms. The number of nitrogens with one attached hydrogen (secondary N) is 3. The van der Waals surface area contributed by atoms with E-state index in [0.717, 1.165) is 22.2 Å². The topological polar surface area (TPSA) is 123 Å². The Kier molecular flexibility index (Phi) is 5.08. The molecule has 0 saturated heterocycles. The summed E-state index contributed by atoms with van der Waals surface area (Å²) in [5.74, 6) is 3.55. The van der Waals surface area contributed by atoms with Crippen molar-refractivity contribution < 1.29 is 9.47 Å². The lowest BCUT2D eigenvalue weighted by Gasteiger charge is -2.14. The molecule has 0 radical (unpaired) electrons. The zero-order valence-corrected chi connectivity index (χ0v) is 17.5. The minimum absolute atomic E-state index is 0.385. The molecule has 0 aliphatic heterocycles. The van der Waals surface area contributed by atoms with Crippen molar-refractivity contribution in [2.75, 3.05) is 24.9 Å². The van der Waals surface area contributed by atoms with E-state index in [-0.39, 0.29) is 0 Å². The Bertz CT molecular complexity index is 1350. The van der Waals surface area contributed by atoms with Crippen LogP contribution in [0, 0.1) is 0 Å². The lowest BCUT2D eigenvalue weighted by Crippen LogP contribution is -2.07. The van der Waals surface area contributed by atoms with Gasteiger partial charge in [-0.2, -0.15) is 4.98 Å². The second-order valence-corrected chi connectivity index (χ2v) is 6.89. The Morgan fingerprint density at radius 1 is 0.938 bits per heavy atom. The smallest absolute Gasteiger partial charge is 0.230 e. The van der Waals surface area contributed by atoms with Crippen molar-refractivity contribution in [1.82, 2.24) is 29.9 Å². The van der Waals surface area contributed by atoms with Crippen molar-refractivity contribution in [1.29, 1.82) is 0 Å². The molecule has 0 spiro atoms. The fourth-order valence-corrected chi connectivity index (χ4v) is 3.38. The van der Waals surface area contributed by atoms with E-state index in [2.05, 4.69) is 40.5 Å². The van der Waals surface area contributed by atoms with Gasteiger partial charge in [-0.25, -0.2) is 19.9 Å². The second-order valence-electron chi connectivity index (χ2n) is 6.89. The van der Waals surface area contributed by atoms with Crippen LogP contribution in [0.5, 0.6) is 11.5 Å². The van der Waals surface area contributed by atoms with E-state index in [9.17, 15) is 0 Å². The van der Waals surface area contributed by atoms with Crippen LogP contribution in [0.4, 0.5) is 17.6 Å². The van der Waals surface area contributed by atoms with Gasteiger partial charge in [-0.05, 0) is 24.3 Å². The fraction of sp³-hybridized carbons (Fsp3) is 0.136. The Morgan fingerprint density at radius 2 is 1.78 bits per heavy atom. The van der Waals surface area contributed by atoms with Crippen LogP contribution in [0.1, 0.15) is 5.82 Å². The van der Waals surface area contributed by atoms with Crippen LogP contribution in [-0.2, 0) is 6.54 Å². The first-order chi connectivity index (χ1) is 15.7. The summed E-state index contributed by atoms with van der Waals surface area (Å²) in [6.45, 7) is 0.447. The Hall–Kier alpha value is -4.47. The molecule has 10 nitrogen and oxygen atoms in total. The van der Waals surface area contributed by atoms with Crippen molar-refractivity contribution in [3.63, 3.8) is 0 Å². The fourth-order valence-electron chi connectivity index (χ4n) is 3.38. The molecule has 2 aromatic carbocycles. The number of ether oxygens (including phenoxy) is 2. The third-order valence-corrected chi connectivity index (χ3v) is 4.88. The first kappa shape index (κ1) is 19.5. The highest BCUT2D eigenvalue weighted by Gasteiger charge is 2.14. The van der Waals surface area contributed by atoms with Gasteiger partial charge in [0.1, 0.15) is 23.8 Å². The van der Waals surface area contributed by atoms with Crippen LogP contribution < -0.4 is 20.1 Å². The van der Waals surface area contributed by atoms with E-state index in [1.807, 2.05) is 36.4 Å². The van der Waals surface area contributed by atoms with Gasteiger partial charge in [-0.15, -0.1) is 0 Å². The number of benzene rings is 2. The molecule has 32 heavy (non-hydrogen) atoms. The maximum absolute atomic E-state index is 5.47. The van der Waals surface area contributed by atoms with Gasteiger partial charge < -0.3 is 25.1 Å². The molecule has 3 aromatic heterocycles. The average Bonchev–Trinajstić information content (AvgIpc) is 3.25. The first-order valence-electron chi connectivity index (χ1n) is 9.88. The van der Waals surface area contributed by atoms with Crippen LogP contribution in [0.3, 0.4) is 0 Å². The highest BCUT2D eigenvalue weighted by molar-refractivity contribution is 5.93. The predicted molar refractivity (Wildman–Crippen MR) is 121 cm³/mol. The zero-order chi connectivity index (χ0) is 21.9. The number of rotatable bonds is 7. The summed E-state index contributed by atoms with van der Waals surface area (Å²) >= 11 is 0. The highest BCUT2D eigenvalue weighted by Crippen LogP contribution is 2.35. The lowest BCUT2D eigenvalue weighted by atomic mass is 10.2. The number of fused-ring (bicyclic) bond motifs is 2. The van der Waals surface area contributed by atoms with Crippen molar-refractivity contribution in [3.8, 4) is 11.5 Å². The molecule has 5 rings (SSSR count). The maximum Gasteiger partial charge on any atom is 0.230 e. The number of nitrogens with zero attached hydrogens (tertiary/aromatic N) is 5. The molecule has 160 valence electrons. The molecular weight excluding hydrogens is 408 g/mol. The minimum atomic E-state index is 0.385. The molecule has 0 fully saturated rings. The lowest BCUT2D eigenvalue weighted by molar-refractivity contribution is 0.356. The number of anilines is 3. The summed E-state index contributed by atoms with van der Waals surface area (Å²) in [6.07, 6.45) is 3.10. The van der Waals surface area contributed by atoms with Gasteiger partial charge in [0.2, 0.25) is 5.95 Å². The number of aromatic nitrogens is 6. The van der Waals surface area contributed by atoms with Crippen molar-refractivity contribution in [3.05, 3.63) is 60.8 Å². The van der Waals surface area contributed by atoms with Crippen LogP contribution in [-0.4, -0.2) is 44.1 Å². The molecular formula is C22H20N8O2. The first-order valence-corrected chi connectivity index (χ1v) is 9.88. The molecule has 3 heterocycles. The summed E-state index contributed by atoms with van der Waals surface area (Å²) in [6, 6.07) is 13.3. The van der Waals surface area contributed by atoms with Gasteiger partial charge in [0, 0.05) is 17.6 Å². The van der Waals surface area contributed by atoms with Crippen molar-refractivity contribution in [2.45, 2.75) is 6.54 Å². The minimum Gasteiger partial charge on any atom is -0.493 e. The summed E-state index contributed by atoms with van der Waals surface area (Å²) in [7, 11) is 3.18. The van der Waals surface area contributed by atoms with Crippen molar-refractivity contribution >= 4 is 39.5 Å². The van der Waals surface area contributed by atoms with Crippen LogP contribution in [0.2, 0.25) is 0 Å². The quantitative estimate of drug-likeness (QED) is 0.356. The van der Waals surface area contributed by atoms with E-state index >= 15 is 0 Å².